The van der Waals surface area contributed by atoms with Crippen molar-refractivity contribution in [2.45, 2.75) is 26.4 Å². The number of amides is 1. The minimum Gasteiger partial charge on any atom is -0.339 e. The fourth-order valence-electron chi connectivity index (χ4n) is 2.43. The molecule has 0 atom stereocenters. The van der Waals surface area contributed by atoms with Gasteiger partial charge in [0.25, 0.3) is 0 Å². The van der Waals surface area contributed by atoms with Crippen molar-refractivity contribution in [2.24, 2.45) is 0 Å². The highest BCUT2D eigenvalue weighted by atomic mass is 16.2. The molecule has 0 unspecified atom stereocenters. The summed E-state index contributed by atoms with van der Waals surface area (Å²) in [6.07, 6.45) is 1.88. The Balaban J connectivity index is 1.93. The number of rotatable bonds is 3. The van der Waals surface area contributed by atoms with Crippen LogP contribution in [0.1, 0.15) is 13.8 Å². The Morgan fingerprint density at radius 3 is 2.37 bits per heavy atom. The van der Waals surface area contributed by atoms with Crippen molar-refractivity contribution < 1.29 is 4.79 Å². The molecule has 1 fully saturated rings. The molecule has 1 aliphatic heterocycles. The Bertz CT molecular complexity index is 538. The van der Waals surface area contributed by atoms with Crippen LogP contribution in [0.3, 0.4) is 0 Å². The van der Waals surface area contributed by atoms with Gasteiger partial charge in [-0.05, 0) is 25.1 Å². The van der Waals surface area contributed by atoms with Gasteiger partial charge in [-0.2, -0.15) is 0 Å². The molecule has 1 saturated heterocycles. The molecule has 0 aromatic carbocycles. The molecule has 0 spiro atoms. The van der Waals surface area contributed by atoms with Crippen LogP contribution in [0.2, 0.25) is 0 Å². The first-order valence-electron chi connectivity index (χ1n) is 6.84. The standard InChI is InChI=1S/C15H23N3O/c1-12(2)16-7-9-17(10-8-16)15(19)11-18-6-5-13(3)14(18)4/h5-6,12H,3-4,7-11H2,1-2H3. The van der Waals surface area contributed by atoms with Crippen molar-refractivity contribution in [2.75, 3.05) is 26.2 Å². The van der Waals surface area contributed by atoms with E-state index < -0.39 is 0 Å². The van der Waals surface area contributed by atoms with Gasteiger partial charge in [-0.3, -0.25) is 9.69 Å². The number of hydrogen-bond acceptors (Lipinski definition) is 2. The van der Waals surface area contributed by atoms with E-state index in [9.17, 15) is 4.79 Å². The van der Waals surface area contributed by atoms with Crippen molar-refractivity contribution in [3.05, 3.63) is 22.8 Å². The second-order valence-corrected chi connectivity index (χ2v) is 5.43. The summed E-state index contributed by atoms with van der Waals surface area (Å²) in [5, 5.41) is 1.71. The molecular formula is C15H23N3O. The van der Waals surface area contributed by atoms with Gasteiger partial charge in [0.1, 0.15) is 6.54 Å². The highest BCUT2D eigenvalue weighted by Crippen LogP contribution is 2.06. The average Bonchev–Trinajstić information content (AvgIpc) is 2.71. The van der Waals surface area contributed by atoms with E-state index in [4.69, 9.17) is 0 Å². The molecule has 4 nitrogen and oxygen atoms in total. The highest BCUT2D eigenvalue weighted by molar-refractivity contribution is 5.76. The molecule has 0 aliphatic carbocycles. The first-order chi connectivity index (χ1) is 8.99. The summed E-state index contributed by atoms with van der Waals surface area (Å²) in [6, 6.07) is 2.45. The molecule has 104 valence electrons. The van der Waals surface area contributed by atoms with Gasteiger partial charge in [0, 0.05) is 43.8 Å². The van der Waals surface area contributed by atoms with Crippen molar-refractivity contribution in [1.29, 1.82) is 0 Å². The minimum atomic E-state index is 0.170. The van der Waals surface area contributed by atoms with Gasteiger partial charge in [0.05, 0.1) is 0 Å². The first-order valence-corrected chi connectivity index (χ1v) is 6.84. The van der Waals surface area contributed by atoms with Crippen molar-refractivity contribution >= 4 is 19.1 Å². The summed E-state index contributed by atoms with van der Waals surface area (Å²) < 4.78 is 1.87. The smallest absolute Gasteiger partial charge is 0.242 e. The molecule has 1 amide bonds. The van der Waals surface area contributed by atoms with E-state index in [1.807, 2.05) is 21.7 Å². The minimum absolute atomic E-state index is 0.170. The van der Waals surface area contributed by atoms with Crippen LogP contribution in [0.4, 0.5) is 0 Å². The van der Waals surface area contributed by atoms with E-state index in [0.29, 0.717) is 12.6 Å². The van der Waals surface area contributed by atoms with Crippen LogP contribution in [0, 0.1) is 0 Å². The lowest BCUT2D eigenvalue weighted by molar-refractivity contribution is -0.133. The Morgan fingerprint density at radius 2 is 1.89 bits per heavy atom. The summed E-state index contributed by atoms with van der Waals surface area (Å²) in [5.41, 5.74) is 0. The average molecular weight is 261 g/mol. The van der Waals surface area contributed by atoms with Gasteiger partial charge in [0.15, 0.2) is 0 Å². The van der Waals surface area contributed by atoms with Gasteiger partial charge in [-0.25, -0.2) is 0 Å². The summed E-state index contributed by atoms with van der Waals surface area (Å²) in [4.78, 5) is 16.6. The van der Waals surface area contributed by atoms with E-state index in [-0.39, 0.29) is 5.91 Å². The van der Waals surface area contributed by atoms with Gasteiger partial charge in [-0.1, -0.05) is 13.2 Å². The first kappa shape index (κ1) is 13.9. The number of carbonyl (C=O) groups is 1. The second-order valence-electron chi connectivity index (χ2n) is 5.43. The van der Waals surface area contributed by atoms with E-state index in [0.717, 1.165) is 36.7 Å². The third-order valence-corrected chi connectivity index (χ3v) is 3.88. The van der Waals surface area contributed by atoms with E-state index in [2.05, 4.69) is 31.9 Å². The monoisotopic (exact) mass is 261 g/mol. The van der Waals surface area contributed by atoms with Crippen LogP contribution in [-0.4, -0.2) is 52.5 Å². The number of carbonyl (C=O) groups excluding carboxylic acids is 1. The zero-order valence-corrected chi connectivity index (χ0v) is 11.9. The predicted molar refractivity (Wildman–Crippen MR) is 78.0 cm³/mol. The number of nitrogens with zero attached hydrogens (tertiary/aromatic N) is 3. The van der Waals surface area contributed by atoms with Gasteiger partial charge >= 0.3 is 0 Å². The molecule has 19 heavy (non-hydrogen) atoms. The SMILES string of the molecule is C=c1ccn(CC(=O)N2CCN(C(C)C)CC2)c1=C. The summed E-state index contributed by atoms with van der Waals surface area (Å²) >= 11 is 0. The van der Waals surface area contributed by atoms with Gasteiger partial charge in [-0.15, -0.1) is 0 Å². The lowest BCUT2D eigenvalue weighted by Gasteiger charge is -2.37. The molecule has 1 aromatic rings. The van der Waals surface area contributed by atoms with E-state index in [1.54, 1.807) is 0 Å². The molecule has 0 radical (unpaired) electrons. The van der Waals surface area contributed by atoms with E-state index in [1.165, 1.54) is 0 Å². The zero-order valence-electron chi connectivity index (χ0n) is 11.9. The normalized spacial score (nSPS) is 17.1. The molecular weight excluding hydrogens is 238 g/mol. The summed E-state index contributed by atoms with van der Waals surface area (Å²) in [5.74, 6) is 0.170. The number of hydrogen-bond donors (Lipinski definition) is 0. The molecule has 0 bridgehead atoms. The third kappa shape index (κ3) is 3.07. The molecule has 1 aromatic heterocycles. The molecule has 2 rings (SSSR count). The number of piperazine rings is 1. The van der Waals surface area contributed by atoms with Crippen LogP contribution >= 0.6 is 0 Å². The quantitative estimate of drug-likeness (QED) is 0.758. The fraction of sp³-hybridized carbons (Fsp3) is 0.533. The largest absolute Gasteiger partial charge is 0.339 e. The van der Waals surface area contributed by atoms with Crippen molar-refractivity contribution in [1.82, 2.24) is 14.4 Å². The van der Waals surface area contributed by atoms with Gasteiger partial charge in [0.2, 0.25) is 5.91 Å². The molecule has 0 N–H and O–H groups in total. The lowest BCUT2D eigenvalue weighted by atomic mass is 10.2. The Morgan fingerprint density at radius 1 is 1.26 bits per heavy atom. The van der Waals surface area contributed by atoms with Crippen LogP contribution in [0.15, 0.2) is 12.3 Å². The Kier molecular flexibility index (Phi) is 4.10. The van der Waals surface area contributed by atoms with Gasteiger partial charge < -0.3 is 9.47 Å². The Labute approximate surface area is 114 Å². The van der Waals surface area contributed by atoms with Crippen molar-refractivity contribution in [3.8, 4) is 0 Å². The second kappa shape index (κ2) is 5.61. The van der Waals surface area contributed by atoms with E-state index >= 15 is 0 Å². The zero-order chi connectivity index (χ0) is 14.0. The van der Waals surface area contributed by atoms with Crippen LogP contribution in [-0.2, 0) is 11.3 Å². The summed E-state index contributed by atoms with van der Waals surface area (Å²) in [7, 11) is 0. The van der Waals surface area contributed by atoms with Crippen LogP contribution in [0.5, 0.6) is 0 Å². The van der Waals surface area contributed by atoms with Crippen LogP contribution in [0.25, 0.3) is 13.2 Å². The number of aromatic nitrogens is 1. The molecule has 4 heteroatoms. The topological polar surface area (TPSA) is 28.5 Å². The highest BCUT2D eigenvalue weighted by Gasteiger charge is 2.22. The molecule has 1 aliphatic rings. The molecule has 0 saturated carbocycles. The predicted octanol–water partition coefficient (Wildman–Crippen LogP) is -0.139. The maximum absolute atomic E-state index is 12.2. The molecule has 2 heterocycles. The maximum atomic E-state index is 12.2. The Hall–Kier alpha value is -1.55. The van der Waals surface area contributed by atoms with Crippen LogP contribution < -0.4 is 10.6 Å². The van der Waals surface area contributed by atoms with Crippen molar-refractivity contribution in [3.63, 3.8) is 0 Å². The fourth-order valence-corrected chi connectivity index (χ4v) is 2.43. The maximum Gasteiger partial charge on any atom is 0.242 e. The summed E-state index contributed by atoms with van der Waals surface area (Å²) in [6.45, 7) is 16.1. The lowest BCUT2D eigenvalue weighted by Crippen LogP contribution is -2.51. The third-order valence-electron chi connectivity index (χ3n) is 3.88.